The van der Waals surface area contributed by atoms with Crippen LogP contribution in [0.1, 0.15) is 55.4 Å². The highest BCUT2D eigenvalue weighted by molar-refractivity contribution is 5.91. The third-order valence-electron chi connectivity index (χ3n) is 5.61. The van der Waals surface area contributed by atoms with E-state index in [9.17, 15) is 4.79 Å². The van der Waals surface area contributed by atoms with E-state index in [4.69, 9.17) is 4.52 Å². The number of aromatic nitrogens is 2. The molecule has 28 heavy (non-hydrogen) atoms. The highest BCUT2D eigenvalue weighted by Crippen LogP contribution is 2.32. The van der Waals surface area contributed by atoms with Crippen molar-refractivity contribution in [3.8, 4) is 0 Å². The van der Waals surface area contributed by atoms with Gasteiger partial charge in [0.2, 0.25) is 5.76 Å². The zero-order valence-electron chi connectivity index (χ0n) is 17.3. The van der Waals surface area contributed by atoms with Crippen LogP contribution in [0.2, 0.25) is 0 Å². The Morgan fingerprint density at radius 1 is 1.29 bits per heavy atom. The van der Waals surface area contributed by atoms with Crippen LogP contribution in [0.15, 0.2) is 35.1 Å². The first-order chi connectivity index (χ1) is 13.6. The number of allylic oxidation sites excluding steroid dienone is 1. The van der Waals surface area contributed by atoms with Gasteiger partial charge in [-0.1, -0.05) is 38.1 Å². The van der Waals surface area contributed by atoms with E-state index in [1.807, 2.05) is 24.9 Å². The number of rotatable bonds is 3. The molecule has 150 valence electrons. The molecule has 1 aliphatic carbocycles. The van der Waals surface area contributed by atoms with Gasteiger partial charge < -0.3 is 14.3 Å². The highest BCUT2D eigenvalue weighted by Gasteiger charge is 2.33. The van der Waals surface area contributed by atoms with E-state index in [1.54, 1.807) is 6.07 Å². The summed E-state index contributed by atoms with van der Waals surface area (Å²) in [7, 11) is 2.13. The molecule has 1 aliphatic heterocycles. The number of pyridine rings is 1. The zero-order valence-corrected chi connectivity index (χ0v) is 17.3. The van der Waals surface area contributed by atoms with Crippen LogP contribution in [0.25, 0.3) is 6.08 Å². The van der Waals surface area contributed by atoms with Crippen molar-refractivity contribution >= 4 is 17.7 Å². The van der Waals surface area contributed by atoms with E-state index in [-0.39, 0.29) is 11.9 Å². The summed E-state index contributed by atoms with van der Waals surface area (Å²) in [5.74, 6) is 0.727. The van der Waals surface area contributed by atoms with Crippen LogP contribution in [-0.2, 0) is 6.42 Å². The first-order valence-corrected chi connectivity index (χ1v) is 10.2. The Kier molecular flexibility index (Phi) is 6.49. The first-order valence-electron chi connectivity index (χ1n) is 10.2. The number of nitrogens with zero attached hydrogens (tertiary/aromatic N) is 4. The fourth-order valence-corrected chi connectivity index (χ4v) is 4.01. The lowest BCUT2D eigenvalue weighted by molar-refractivity contribution is 0.0628. The van der Waals surface area contributed by atoms with E-state index in [0.29, 0.717) is 18.2 Å². The number of likely N-dealkylation sites (tertiary alicyclic amines) is 1. The Labute approximate surface area is 167 Å². The second kappa shape index (κ2) is 9.04. The maximum absolute atomic E-state index is 12.7. The largest absolute Gasteiger partial charge is 0.369 e. The highest BCUT2D eigenvalue weighted by atomic mass is 16.5. The molecule has 0 bridgehead atoms. The van der Waals surface area contributed by atoms with Crippen molar-refractivity contribution < 1.29 is 9.32 Å². The molecule has 0 saturated carbocycles. The van der Waals surface area contributed by atoms with Gasteiger partial charge in [0.15, 0.2) is 0 Å². The molecule has 2 aromatic heterocycles. The monoisotopic (exact) mass is 382 g/mol. The molecule has 2 aromatic rings. The van der Waals surface area contributed by atoms with Gasteiger partial charge in [-0.2, -0.15) is 0 Å². The summed E-state index contributed by atoms with van der Waals surface area (Å²) in [4.78, 5) is 21.4. The van der Waals surface area contributed by atoms with Crippen LogP contribution in [0, 0.1) is 5.92 Å². The number of carbonyl (C=O) groups excluding carboxylic acids is 1. The standard InChI is InChI=1S/C20H24N4O2.C2H6/c1-14-9-12-24(20(25)19-8-11-22-26-19)13-18(14)23(2)17-7-10-21-16-6-4-3-5-15(16)17;1-2/h3,5,7-8,10-11,14,18H,4,6,9,12-13H2,1-2H3;1-2H3/t14-,18?;/m1./s1. The van der Waals surface area contributed by atoms with Crippen LogP contribution in [0.3, 0.4) is 0 Å². The molecule has 3 heterocycles. The van der Waals surface area contributed by atoms with Gasteiger partial charge >= 0.3 is 0 Å². The number of amides is 1. The molecule has 1 saturated heterocycles. The Hall–Kier alpha value is -2.63. The Morgan fingerprint density at radius 3 is 2.86 bits per heavy atom. The van der Waals surface area contributed by atoms with Crippen LogP contribution in [0.5, 0.6) is 0 Å². The molecule has 1 amide bonds. The summed E-state index contributed by atoms with van der Waals surface area (Å²) in [6.45, 7) is 7.69. The smallest absolute Gasteiger partial charge is 0.292 e. The summed E-state index contributed by atoms with van der Waals surface area (Å²) < 4.78 is 5.06. The molecule has 2 aliphatic rings. The van der Waals surface area contributed by atoms with Crippen molar-refractivity contribution in [2.45, 2.75) is 46.1 Å². The van der Waals surface area contributed by atoms with Gasteiger partial charge in [0.1, 0.15) is 0 Å². The fourth-order valence-electron chi connectivity index (χ4n) is 4.01. The van der Waals surface area contributed by atoms with Crippen molar-refractivity contribution in [3.63, 3.8) is 0 Å². The number of carbonyl (C=O) groups is 1. The third kappa shape index (κ3) is 3.96. The summed E-state index contributed by atoms with van der Waals surface area (Å²) in [5, 5.41) is 3.66. The van der Waals surface area contributed by atoms with Crippen LogP contribution in [-0.4, -0.2) is 47.1 Å². The molecular formula is C22H30N4O2. The van der Waals surface area contributed by atoms with Crippen molar-refractivity contribution in [2.75, 3.05) is 25.0 Å². The average molecular weight is 383 g/mol. The molecule has 2 atom stereocenters. The van der Waals surface area contributed by atoms with Crippen molar-refractivity contribution in [1.82, 2.24) is 15.0 Å². The van der Waals surface area contributed by atoms with Gasteiger partial charge in [-0.25, -0.2) is 0 Å². The second-order valence-corrected chi connectivity index (χ2v) is 7.20. The Bertz CT molecular complexity index is 816. The SMILES string of the molecule is CC.C[C@@H]1CCN(C(=O)c2ccno2)CC1N(C)c1ccnc2c1C=CCC2. The number of likely N-dealkylation sites (N-methyl/N-ethyl adjacent to an activating group) is 1. The number of hydrogen-bond acceptors (Lipinski definition) is 5. The lowest BCUT2D eigenvalue weighted by atomic mass is 9.91. The minimum Gasteiger partial charge on any atom is -0.369 e. The maximum Gasteiger partial charge on any atom is 0.292 e. The molecule has 6 heteroatoms. The lowest BCUT2D eigenvalue weighted by Gasteiger charge is -2.43. The van der Waals surface area contributed by atoms with E-state index < -0.39 is 0 Å². The molecule has 0 radical (unpaired) electrons. The van der Waals surface area contributed by atoms with Gasteiger partial charge in [0.25, 0.3) is 5.91 Å². The minimum atomic E-state index is -0.0792. The number of anilines is 1. The van der Waals surface area contributed by atoms with Crippen LogP contribution in [0.4, 0.5) is 5.69 Å². The lowest BCUT2D eigenvalue weighted by Crippen LogP contribution is -2.52. The third-order valence-corrected chi connectivity index (χ3v) is 5.61. The van der Waals surface area contributed by atoms with Gasteiger partial charge in [-0.15, -0.1) is 0 Å². The number of piperidine rings is 1. The summed E-state index contributed by atoms with van der Waals surface area (Å²) in [5.41, 5.74) is 3.57. The van der Waals surface area contributed by atoms with E-state index >= 15 is 0 Å². The quantitative estimate of drug-likeness (QED) is 0.802. The average Bonchev–Trinajstić information content (AvgIpc) is 3.29. The molecule has 1 fully saturated rings. The van der Waals surface area contributed by atoms with Crippen molar-refractivity contribution in [1.29, 1.82) is 0 Å². The molecular weight excluding hydrogens is 352 g/mol. The topological polar surface area (TPSA) is 62.5 Å². The number of aryl methyl sites for hydroxylation is 1. The predicted octanol–water partition coefficient (Wildman–Crippen LogP) is 4.04. The fraction of sp³-hybridized carbons (Fsp3) is 0.500. The van der Waals surface area contributed by atoms with Crippen molar-refractivity contribution in [2.24, 2.45) is 5.92 Å². The van der Waals surface area contributed by atoms with E-state index in [0.717, 1.165) is 31.5 Å². The van der Waals surface area contributed by atoms with Crippen molar-refractivity contribution in [3.05, 3.63) is 47.6 Å². The second-order valence-electron chi connectivity index (χ2n) is 7.20. The summed E-state index contributed by atoms with van der Waals surface area (Å²) in [6, 6.07) is 3.96. The molecule has 1 unspecified atom stereocenters. The normalized spacial score (nSPS) is 20.8. The molecule has 0 spiro atoms. The maximum atomic E-state index is 12.7. The molecule has 0 N–H and O–H groups in total. The molecule has 4 rings (SSSR count). The van der Waals surface area contributed by atoms with E-state index in [1.165, 1.54) is 17.4 Å². The zero-order chi connectivity index (χ0) is 20.1. The van der Waals surface area contributed by atoms with Gasteiger partial charge in [-0.05, 0) is 31.2 Å². The molecule has 0 aromatic carbocycles. The van der Waals surface area contributed by atoms with E-state index in [2.05, 4.69) is 47.2 Å². The number of fused-ring (bicyclic) bond motifs is 1. The summed E-state index contributed by atoms with van der Waals surface area (Å²) in [6.07, 6.45) is 10.8. The number of hydrogen-bond donors (Lipinski definition) is 0. The molecule has 6 nitrogen and oxygen atoms in total. The van der Waals surface area contributed by atoms with Crippen LogP contribution < -0.4 is 4.90 Å². The van der Waals surface area contributed by atoms with Gasteiger partial charge in [-0.3, -0.25) is 9.78 Å². The van der Waals surface area contributed by atoms with Gasteiger partial charge in [0, 0.05) is 55.4 Å². The Balaban J connectivity index is 0.00000109. The predicted molar refractivity (Wildman–Crippen MR) is 111 cm³/mol. The summed E-state index contributed by atoms with van der Waals surface area (Å²) >= 11 is 0. The van der Waals surface area contributed by atoms with Gasteiger partial charge in [0.05, 0.1) is 6.20 Å². The minimum absolute atomic E-state index is 0.0792. The first kappa shape index (κ1) is 20.1. The van der Waals surface area contributed by atoms with Crippen LogP contribution >= 0.6 is 0 Å². The Morgan fingerprint density at radius 2 is 2.11 bits per heavy atom.